The van der Waals surface area contributed by atoms with E-state index in [1.165, 1.54) is 6.92 Å². The van der Waals surface area contributed by atoms with E-state index in [2.05, 4.69) is 22.5 Å². The first-order chi connectivity index (χ1) is 10.2. The molecule has 1 saturated heterocycles. The SMILES string of the molecule is C=CCCC(NC(C)=O)(C(=O)NC(C)(C)C)C1CCNCC1. The molecule has 22 heavy (non-hydrogen) atoms. The number of nitrogens with one attached hydrogen (secondary N) is 3. The summed E-state index contributed by atoms with van der Waals surface area (Å²) < 4.78 is 0. The third-order valence-corrected chi connectivity index (χ3v) is 4.07. The van der Waals surface area contributed by atoms with E-state index in [4.69, 9.17) is 0 Å². The molecule has 1 aliphatic heterocycles. The van der Waals surface area contributed by atoms with Gasteiger partial charge in [-0.05, 0) is 65.5 Å². The lowest BCUT2D eigenvalue weighted by molar-refractivity contribution is -0.137. The molecule has 0 bridgehead atoms. The topological polar surface area (TPSA) is 70.2 Å². The van der Waals surface area contributed by atoms with Gasteiger partial charge in [-0.1, -0.05) is 6.08 Å². The fourth-order valence-corrected chi connectivity index (χ4v) is 3.14. The number of hydrogen-bond donors (Lipinski definition) is 3. The Hall–Kier alpha value is -1.36. The zero-order chi connectivity index (χ0) is 16.8. The first kappa shape index (κ1) is 18.7. The Morgan fingerprint density at radius 2 is 1.82 bits per heavy atom. The van der Waals surface area contributed by atoms with Crippen LogP contribution in [-0.2, 0) is 9.59 Å². The Balaban J connectivity index is 3.13. The molecule has 126 valence electrons. The van der Waals surface area contributed by atoms with Crippen LogP contribution in [0.15, 0.2) is 12.7 Å². The number of rotatable bonds is 6. The molecule has 0 aromatic carbocycles. The van der Waals surface area contributed by atoms with Crippen LogP contribution < -0.4 is 16.0 Å². The molecule has 0 radical (unpaired) electrons. The molecule has 5 heteroatoms. The number of hydrogen-bond acceptors (Lipinski definition) is 3. The minimum Gasteiger partial charge on any atom is -0.349 e. The number of piperidine rings is 1. The fraction of sp³-hybridized carbons (Fsp3) is 0.765. The average Bonchev–Trinajstić information content (AvgIpc) is 2.42. The Bertz CT molecular complexity index is 409. The van der Waals surface area contributed by atoms with Crippen LogP contribution in [0.4, 0.5) is 0 Å². The maximum Gasteiger partial charge on any atom is 0.246 e. The highest BCUT2D eigenvalue weighted by Gasteiger charge is 2.46. The fourth-order valence-electron chi connectivity index (χ4n) is 3.14. The van der Waals surface area contributed by atoms with Crippen molar-refractivity contribution in [2.24, 2.45) is 5.92 Å². The molecule has 1 heterocycles. The Morgan fingerprint density at radius 1 is 1.23 bits per heavy atom. The summed E-state index contributed by atoms with van der Waals surface area (Å²) in [5.41, 5.74) is -1.18. The van der Waals surface area contributed by atoms with Crippen LogP contribution in [0.1, 0.15) is 53.4 Å². The molecular weight excluding hydrogens is 278 g/mol. The third kappa shape index (κ3) is 5.13. The zero-order valence-corrected chi connectivity index (χ0v) is 14.4. The van der Waals surface area contributed by atoms with Gasteiger partial charge in [-0.25, -0.2) is 0 Å². The van der Waals surface area contributed by atoms with E-state index in [1.54, 1.807) is 0 Å². The van der Waals surface area contributed by atoms with Crippen molar-refractivity contribution in [3.63, 3.8) is 0 Å². The molecule has 1 rings (SSSR count). The van der Waals surface area contributed by atoms with E-state index in [0.717, 1.165) is 25.9 Å². The van der Waals surface area contributed by atoms with E-state index in [-0.39, 0.29) is 23.3 Å². The lowest BCUT2D eigenvalue weighted by atomic mass is 9.74. The Kier molecular flexibility index (Phi) is 6.60. The summed E-state index contributed by atoms with van der Waals surface area (Å²) in [7, 11) is 0. The monoisotopic (exact) mass is 309 g/mol. The van der Waals surface area contributed by atoms with Gasteiger partial charge in [0.05, 0.1) is 0 Å². The molecule has 1 unspecified atom stereocenters. The van der Waals surface area contributed by atoms with Gasteiger partial charge in [0.15, 0.2) is 0 Å². The molecule has 1 fully saturated rings. The molecular formula is C17H31N3O2. The summed E-state index contributed by atoms with van der Waals surface area (Å²) in [6, 6.07) is 0. The van der Waals surface area contributed by atoms with Gasteiger partial charge in [-0.3, -0.25) is 9.59 Å². The van der Waals surface area contributed by atoms with Crippen molar-refractivity contribution >= 4 is 11.8 Å². The van der Waals surface area contributed by atoms with Crippen LogP contribution in [0.5, 0.6) is 0 Å². The third-order valence-electron chi connectivity index (χ3n) is 4.07. The Morgan fingerprint density at radius 3 is 2.27 bits per heavy atom. The van der Waals surface area contributed by atoms with E-state index in [9.17, 15) is 9.59 Å². The first-order valence-electron chi connectivity index (χ1n) is 8.14. The van der Waals surface area contributed by atoms with Crippen LogP contribution in [0.3, 0.4) is 0 Å². The minimum atomic E-state index is -0.852. The second kappa shape index (κ2) is 7.77. The highest BCUT2D eigenvalue weighted by Crippen LogP contribution is 2.31. The predicted octanol–water partition coefficient (Wildman–Crippen LogP) is 1.74. The van der Waals surface area contributed by atoms with Crippen LogP contribution in [0, 0.1) is 5.92 Å². The van der Waals surface area contributed by atoms with Crippen LogP contribution in [-0.4, -0.2) is 36.0 Å². The summed E-state index contributed by atoms with van der Waals surface area (Å²) in [5.74, 6) is -0.101. The number of carbonyl (C=O) groups is 2. The van der Waals surface area contributed by atoms with Crippen molar-refractivity contribution in [3.05, 3.63) is 12.7 Å². The molecule has 0 saturated carbocycles. The normalized spacial score (nSPS) is 19.1. The van der Waals surface area contributed by atoms with Crippen molar-refractivity contribution in [3.8, 4) is 0 Å². The van der Waals surface area contributed by atoms with E-state index in [0.29, 0.717) is 12.8 Å². The summed E-state index contributed by atoms with van der Waals surface area (Å²) in [5, 5.41) is 9.38. The quantitative estimate of drug-likeness (QED) is 0.655. The van der Waals surface area contributed by atoms with Gasteiger partial charge < -0.3 is 16.0 Å². The second-order valence-electron chi connectivity index (χ2n) is 7.21. The van der Waals surface area contributed by atoms with Crippen LogP contribution >= 0.6 is 0 Å². The van der Waals surface area contributed by atoms with E-state index >= 15 is 0 Å². The van der Waals surface area contributed by atoms with Gasteiger partial charge in [-0.15, -0.1) is 6.58 Å². The van der Waals surface area contributed by atoms with Crippen molar-refractivity contribution < 1.29 is 9.59 Å². The maximum absolute atomic E-state index is 13.0. The second-order valence-corrected chi connectivity index (χ2v) is 7.21. The first-order valence-corrected chi connectivity index (χ1v) is 8.14. The molecule has 0 aromatic heterocycles. The number of amides is 2. The molecule has 0 aromatic rings. The molecule has 2 amide bonds. The average molecular weight is 309 g/mol. The molecule has 0 aliphatic carbocycles. The maximum atomic E-state index is 13.0. The van der Waals surface area contributed by atoms with Gasteiger partial charge in [0, 0.05) is 12.5 Å². The molecule has 5 nitrogen and oxygen atoms in total. The van der Waals surface area contributed by atoms with Gasteiger partial charge in [0.25, 0.3) is 0 Å². The summed E-state index contributed by atoms with van der Waals surface area (Å²) >= 11 is 0. The van der Waals surface area contributed by atoms with Gasteiger partial charge >= 0.3 is 0 Å². The summed E-state index contributed by atoms with van der Waals surface area (Å²) in [6.45, 7) is 12.9. The standard InChI is InChI=1S/C17H31N3O2/c1-6-7-10-17(19-13(2)21,14-8-11-18-12-9-14)15(22)20-16(3,4)5/h6,14,18H,1,7-12H2,2-5H3,(H,19,21)(H,20,22). The molecule has 0 spiro atoms. The van der Waals surface area contributed by atoms with Crippen LogP contribution in [0.2, 0.25) is 0 Å². The van der Waals surface area contributed by atoms with E-state index in [1.807, 2.05) is 26.8 Å². The predicted molar refractivity (Wildman–Crippen MR) is 89.5 cm³/mol. The molecule has 3 N–H and O–H groups in total. The van der Waals surface area contributed by atoms with Crippen molar-refractivity contribution in [2.75, 3.05) is 13.1 Å². The largest absolute Gasteiger partial charge is 0.349 e. The Labute approximate surface area is 134 Å². The smallest absolute Gasteiger partial charge is 0.246 e. The number of allylic oxidation sites excluding steroid dienone is 1. The van der Waals surface area contributed by atoms with Gasteiger partial charge in [0.2, 0.25) is 11.8 Å². The van der Waals surface area contributed by atoms with Crippen molar-refractivity contribution in [2.45, 2.75) is 64.5 Å². The lowest BCUT2D eigenvalue weighted by Gasteiger charge is -2.43. The minimum absolute atomic E-state index is 0.0797. The van der Waals surface area contributed by atoms with Gasteiger partial charge in [-0.2, -0.15) is 0 Å². The van der Waals surface area contributed by atoms with Crippen molar-refractivity contribution in [1.82, 2.24) is 16.0 Å². The van der Waals surface area contributed by atoms with E-state index < -0.39 is 5.54 Å². The molecule has 1 aliphatic rings. The zero-order valence-electron chi connectivity index (χ0n) is 14.4. The van der Waals surface area contributed by atoms with Crippen molar-refractivity contribution in [1.29, 1.82) is 0 Å². The summed E-state index contributed by atoms with van der Waals surface area (Å²) in [4.78, 5) is 24.8. The highest BCUT2D eigenvalue weighted by molar-refractivity contribution is 5.91. The number of carbonyl (C=O) groups excluding carboxylic acids is 2. The molecule has 1 atom stereocenters. The lowest BCUT2D eigenvalue weighted by Crippen LogP contribution is -2.66. The summed E-state index contributed by atoms with van der Waals surface area (Å²) in [6.07, 6.45) is 4.86. The highest BCUT2D eigenvalue weighted by atomic mass is 16.2. The van der Waals surface area contributed by atoms with Gasteiger partial charge in [0.1, 0.15) is 5.54 Å². The van der Waals surface area contributed by atoms with Crippen LogP contribution in [0.25, 0.3) is 0 Å².